The molecule has 2 aromatic heterocycles. The fourth-order valence-corrected chi connectivity index (χ4v) is 1.76. The smallest absolute Gasteiger partial charge is 0.369 e. The second-order valence-corrected chi connectivity index (χ2v) is 4.94. The van der Waals surface area contributed by atoms with Crippen molar-refractivity contribution in [3.05, 3.63) is 35.2 Å². The molecule has 0 aliphatic heterocycles. The first-order chi connectivity index (χ1) is 10.3. The zero-order valence-corrected chi connectivity index (χ0v) is 12.4. The van der Waals surface area contributed by atoms with Gasteiger partial charge in [0.15, 0.2) is 0 Å². The number of pyridine rings is 1. The SMILES string of the molecule is CN(C)C=Nc1ncc(-c2ncc(C(F)(F)F)cc2Cl)cn1. The number of aliphatic imine (C=N–C) groups is 1. The highest BCUT2D eigenvalue weighted by atomic mass is 35.5. The molecule has 2 rings (SSSR count). The standard InChI is InChI=1S/C13H11ClF3N5/c1-22(2)7-21-12-19-4-8(5-20-12)11-10(14)3-9(6-18-11)13(15,16)17/h3-7H,1-2H3. The summed E-state index contributed by atoms with van der Waals surface area (Å²) in [5.74, 6) is 0.223. The molecule has 0 unspecified atom stereocenters. The molecule has 0 amide bonds. The Morgan fingerprint density at radius 2 is 1.77 bits per heavy atom. The van der Waals surface area contributed by atoms with Crippen LogP contribution in [-0.2, 0) is 6.18 Å². The summed E-state index contributed by atoms with van der Waals surface area (Å²) in [4.78, 5) is 17.4. The minimum Gasteiger partial charge on any atom is -0.369 e. The van der Waals surface area contributed by atoms with E-state index in [1.165, 1.54) is 18.7 Å². The molecule has 0 saturated heterocycles. The van der Waals surface area contributed by atoms with E-state index < -0.39 is 11.7 Å². The molecule has 116 valence electrons. The van der Waals surface area contributed by atoms with Crippen LogP contribution in [0.15, 0.2) is 29.6 Å². The lowest BCUT2D eigenvalue weighted by molar-refractivity contribution is -0.137. The quantitative estimate of drug-likeness (QED) is 0.639. The van der Waals surface area contributed by atoms with E-state index in [9.17, 15) is 13.2 Å². The van der Waals surface area contributed by atoms with E-state index in [0.29, 0.717) is 5.56 Å². The Morgan fingerprint density at radius 3 is 2.27 bits per heavy atom. The number of alkyl halides is 3. The first-order valence-corrected chi connectivity index (χ1v) is 6.41. The van der Waals surface area contributed by atoms with Crippen molar-refractivity contribution in [2.24, 2.45) is 4.99 Å². The Balaban J connectivity index is 2.29. The van der Waals surface area contributed by atoms with Gasteiger partial charge in [0, 0.05) is 38.2 Å². The average molecular weight is 330 g/mol. The van der Waals surface area contributed by atoms with Crippen LogP contribution >= 0.6 is 11.6 Å². The van der Waals surface area contributed by atoms with Gasteiger partial charge in [0.1, 0.15) is 0 Å². The van der Waals surface area contributed by atoms with Gasteiger partial charge in [0.25, 0.3) is 5.95 Å². The molecule has 9 heteroatoms. The van der Waals surface area contributed by atoms with Gasteiger partial charge in [-0.25, -0.2) is 15.0 Å². The number of hydrogen-bond acceptors (Lipinski definition) is 4. The number of hydrogen-bond donors (Lipinski definition) is 0. The molecule has 0 radical (unpaired) electrons. The summed E-state index contributed by atoms with van der Waals surface area (Å²) < 4.78 is 37.7. The van der Waals surface area contributed by atoms with Crippen LogP contribution < -0.4 is 0 Å². The molecule has 5 nitrogen and oxygen atoms in total. The van der Waals surface area contributed by atoms with Gasteiger partial charge in [0.2, 0.25) is 0 Å². The lowest BCUT2D eigenvalue weighted by Gasteiger charge is -2.09. The van der Waals surface area contributed by atoms with Crippen molar-refractivity contribution in [3.63, 3.8) is 0 Å². The van der Waals surface area contributed by atoms with E-state index >= 15 is 0 Å². The van der Waals surface area contributed by atoms with Crippen molar-refractivity contribution in [2.45, 2.75) is 6.18 Å². The Morgan fingerprint density at radius 1 is 1.14 bits per heavy atom. The third-order valence-electron chi connectivity index (χ3n) is 2.48. The van der Waals surface area contributed by atoms with Crippen LogP contribution in [0.4, 0.5) is 19.1 Å². The second-order valence-electron chi connectivity index (χ2n) is 4.53. The summed E-state index contributed by atoms with van der Waals surface area (Å²) in [5.41, 5.74) is -0.324. The molecule has 22 heavy (non-hydrogen) atoms. The van der Waals surface area contributed by atoms with Gasteiger partial charge in [-0.05, 0) is 6.07 Å². The van der Waals surface area contributed by atoms with Crippen molar-refractivity contribution in [1.29, 1.82) is 0 Å². The topological polar surface area (TPSA) is 54.3 Å². The highest BCUT2D eigenvalue weighted by molar-refractivity contribution is 6.33. The third-order valence-corrected chi connectivity index (χ3v) is 2.77. The number of halogens is 4. The molecule has 0 saturated carbocycles. The van der Waals surface area contributed by atoms with Crippen LogP contribution in [0.3, 0.4) is 0 Å². The first-order valence-electron chi connectivity index (χ1n) is 6.03. The molecule has 2 aromatic rings. The minimum absolute atomic E-state index is 0.122. The zero-order valence-electron chi connectivity index (χ0n) is 11.6. The molecular formula is C13H11ClF3N5. The number of nitrogens with zero attached hydrogens (tertiary/aromatic N) is 5. The lowest BCUT2D eigenvalue weighted by atomic mass is 10.2. The Kier molecular flexibility index (Phi) is 4.60. The van der Waals surface area contributed by atoms with Gasteiger partial charge in [-0.3, -0.25) is 4.98 Å². The fourth-order valence-electron chi connectivity index (χ4n) is 1.48. The van der Waals surface area contributed by atoms with Crippen LogP contribution in [0.25, 0.3) is 11.3 Å². The van der Waals surface area contributed by atoms with E-state index in [0.717, 1.165) is 12.3 Å². The molecule has 0 aliphatic rings. The van der Waals surface area contributed by atoms with Crippen molar-refractivity contribution >= 4 is 23.9 Å². The normalized spacial score (nSPS) is 11.9. The molecule has 0 N–H and O–H groups in total. The van der Waals surface area contributed by atoms with Crippen LogP contribution in [-0.4, -0.2) is 40.3 Å². The zero-order chi connectivity index (χ0) is 16.3. The molecule has 0 aliphatic carbocycles. The van der Waals surface area contributed by atoms with Gasteiger partial charge in [-0.2, -0.15) is 13.2 Å². The van der Waals surface area contributed by atoms with Crippen molar-refractivity contribution in [3.8, 4) is 11.3 Å². The molecular weight excluding hydrogens is 319 g/mol. The van der Waals surface area contributed by atoms with E-state index in [1.807, 2.05) is 0 Å². The number of aromatic nitrogens is 3. The van der Waals surface area contributed by atoms with Crippen molar-refractivity contribution in [2.75, 3.05) is 14.1 Å². The predicted octanol–water partition coefficient (Wildman–Crippen LogP) is 3.43. The Hall–Kier alpha value is -2.22. The van der Waals surface area contributed by atoms with E-state index in [4.69, 9.17) is 11.6 Å². The summed E-state index contributed by atoms with van der Waals surface area (Å²) in [5, 5.41) is -0.122. The molecule has 2 heterocycles. The minimum atomic E-state index is -4.49. The van der Waals surface area contributed by atoms with Crippen LogP contribution in [0.1, 0.15) is 5.56 Å². The Labute approximate surface area is 129 Å². The highest BCUT2D eigenvalue weighted by Crippen LogP contribution is 2.33. The van der Waals surface area contributed by atoms with Gasteiger partial charge in [-0.1, -0.05) is 11.6 Å². The van der Waals surface area contributed by atoms with Gasteiger partial charge in [-0.15, -0.1) is 0 Å². The van der Waals surface area contributed by atoms with Gasteiger partial charge in [0.05, 0.1) is 22.6 Å². The molecule has 0 aromatic carbocycles. The maximum atomic E-state index is 12.6. The average Bonchev–Trinajstić information content (AvgIpc) is 2.44. The van der Waals surface area contributed by atoms with Crippen LogP contribution in [0.5, 0.6) is 0 Å². The van der Waals surface area contributed by atoms with Gasteiger partial charge < -0.3 is 4.90 Å². The van der Waals surface area contributed by atoms with Crippen molar-refractivity contribution in [1.82, 2.24) is 19.9 Å². The molecule has 0 atom stereocenters. The summed E-state index contributed by atoms with van der Waals surface area (Å²) >= 11 is 5.86. The van der Waals surface area contributed by atoms with Gasteiger partial charge >= 0.3 is 6.18 Å². The van der Waals surface area contributed by atoms with Crippen molar-refractivity contribution < 1.29 is 13.2 Å². The largest absolute Gasteiger partial charge is 0.417 e. The molecule has 0 spiro atoms. The Bertz CT molecular complexity index is 683. The fraction of sp³-hybridized carbons (Fsp3) is 0.231. The van der Waals surface area contributed by atoms with Crippen LogP contribution in [0.2, 0.25) is 5.02 Å². The molecule has 0 bridgehead atoms. The summed E-state index contributed by atoms with van der Waals surface area (Å²) in [6, 6.07) is 0.821. The van der Waals surface area contributed by atoms with E-state index in [-0.39, 0.29) is 16.7 Å². The first kappa shape index (κ1) is 16.2. The molecule has 0 fully saturated rings. The summed E-state index contributed by atoms with van der Waals surface area (Å²) in [6.45, 7) is 0. The van der Waals surface area contributed by atoms with Crippen LogP contribution in [0, 0.1) is 0 Å². The van der Waals surface area contributed by atoms with E-state index in [2.05, 4.69) is 19.9 Å². The third kappa shape index (κ3) is 3.91. The second kappa shape index (κ2) is 6.27. The number of rotatable bonds is 3. The predicted molar refractivity (Wildman–Crippen MR) is 77.1 cm³/mol. The summed E-state index contributed by atoms with van der Waals surface area (Å²) in [6.07, 6.45) is 0.557. The van der Waals surface area contributed by atoms with E-state index in [1.54, 1.807) is 19.0 Å². The maximum absolute atomic E-state index is 12.6. The lowest BCUT2D eigenvalue weighted by Crippen LogP contribution is -2.07. The monoisotopic (exact) mass is 329 g/mol. The highest BCUT2D eigenvalue weighted by Gasteiger charge is 2.31. The summed E-state index contributed by atoms with van der Waals surface area (Å²) in [7, 11) is 3.59. The maximum Gasteiger partial charge on any atom is 0.417 e.